The van der Waals surface area contributed by atoms with Gasteiger partial charge in [0.05, 0.1) is 10.9 Å². The molecule has 0 aliphatic rings. The van der Waals surface area contributed by atoms with Crippen LogP contribution in [0, 0.1) is 6.92 Å². The van der Waals surface area contributed by atoms with E-state index in [0.29, 0.717) is 5.58 Å². The first-order valence-electron chi connectivity index (χ1n) is 6.37. The molecule has 3 aromatic rings. The van der Waals surface area contributed by atoms with Gasteiger partial charge in [-0.05, 0) is 35.7 Å². The molecule has 0 amide bonds. The molecule has 0 bridgehead atoms. The van der Waals surface area contributed by atoms with E-state index >= 15 is 0 Å². The van der Waals surface area contributed by atoms with Crippen molar-refractivity contribution < 1.29 is 4.42 Å². The van der Waals surface area contributed by atoms with Gasteiger partial charge in [-0.1, -0.05) is 30.3 Å². The van der Waals surface area contributed by atoms with Crippen LogP contribution >= 0.6 is 11.6 Å². The first kappa shape index (κ1) is 13.0. The summed E-state index contributed by atoms with van der Waals surface area (Å²) in [7, 11) is 1.69. The predicted octanol–water partition coefficient (Wildman–Crippen LogP) is 3.77. The molecule has 0 aliphatic heterocycles. The maximum Gasteiger partial charge on any atom is 0.419 e. The fourth-order valence-corrected chi connectivity index (χ4v) is 2.74. The fourth-order valence-electron chi connectivity index (χ4n) is 2.36. The Kier molecular flexibility index (Phi) is 3.14. The molecule has 0 spiro atoms. The quantitative estimate of drug-likeness (QED) is 0.673. The zero-order valence-corrected chi connectivity index (χ0v) is 12.0. The second-order valence-corrected chi connectivity index (χ2v) is 5.31. The van der Waals surface area contributed by atoms with E-state index in [9.17, 15) is 4.79 Å². The Bertz CT molecular complexity index is 832. The number of hydrogen-bond donors (Lipinski definition) is 0. The summed E-state index contributed by atoms with van der Waals surface area (Å²) in [6.45, 7) is 2.03. The van der Waals surface area contributed by atoms with E-state index in [1.165, 1.54) is 4.57 Å². The molecule has 1 atom stereocenters. The van der Waals surface area contributed by atoms with Gasteiger partial charge in [-0.2, -0.15) is 0 Å². The standard InChI is InChI=1S/C16H14ClNO2/c1-10-5-3-4-6-12(10)15(17)11-7-8-13-14(9-11)20-16(19)18(13)2/h3-9,15H,1-2H3. The minimum absolute atomic E-state index is 0.258. The van der Waals surface area contributed by atoms with Crippen LogP contribution in [0.25, 0.3) is 11.1 Å². The molecule has 102 valence electrons. The van der Waals surface area contributed by atoms with Gasteiger partial charge >= 0.3 is 5.76 Å². The maximum atomic E-state index is 11.5. The lowest BCUT2D eigenvalue weighted by atomic mass is 10.00. The van der Waals surface area contributed by atoms with Gasteiger partial charge in [0, 0.05) is 7.05 Å². The minimum Gasteiger partial charge on any atom is -0.408 e. The third-order valence-electron chi connectivity index (χ3n) is 3.57. The molecule has 0 saturated carbocycles. The normalized spacial score (nSPS) is 12.8. The lowest BCUT2D eigenvalue weighted by Crippen LogP contribution is -2.08. The largest absolute Gasteiger partial charge is 0.419 e. The smallest absolute Gasteiger partial charge is 0.408 e. The molecule has 0 aliphatic carbocycles. The van der Waals surface area contributed by atoms with Crippen LogP contribution < -0.4 is 5.76 Å². The molecule has 20 heavy (non-hydrogen) atoms. The summed E-state index contributed by atoms with van der Waals surface area (Å²) in [5.74, 6) is -0.362. The van der Waals surface area contributed by atoms with Crippen LogP contribution in [0.4, 0.5) is 0 Å². The second-order valence-electron chi connectivity index (χ2n) is 4.87. The average Bonchev–Trinajstić information content (AvgIpc) is 2.73. The molecule has 1 unspecified atom stereocenters. The fraction of sp³-hybridized carbons (Fsp3) is 0.188. The van der Waals surface area contributed by atoms with Gasteiger partial charge in [-0.3, -0.25) is 4.57 Å². The molecule has 3 rings (SSSR count). The molecule has 1 aromatic heterocycles. The van der Waals surface area contributed by atoms with E-state index in [1.807, 2.05) is 49.4 Å². The topological polar surface area (TPSA) is 35.1 Å². The van der Waals surface area contributed by atoms with Crippen molar-refractivity contribution in [2.45, 2.75) is 12.3 Å². The number of alkyl halides is 1. The molecule has 0 saturated heterocycles. The Labute approximate surface area is 121 Å². The van der Waals surface area contributed by atoms with Crippen molar-refractivity contribution >= 4 is 22.7 Å². The highest BCUT2D eigenvalue weighted by atomic mass is 35.5. The molecule has 1 heterocycles. The van der Waals surface area contributed by atoms with Crippen LogP contribution in [0.1, 0.15) is 22.1 Å². The Morgan fingerprint density at radius 1 is 1.20 bits per heavy atom. The molecular formula is C16H14ClNO2. The van der Waals surface area contributed by atoms with Gasteiger partial charge in [0.2, 0.25) is 0 Å². The van der Waals surface area contributed by atoms with Crippen LogP contribution in [-0.2, 0) is 7.05 Å². The van der Waals surface area contributed by atoms with E-state index in [2.05, 4.69) is 0 Å². The Hall–Kier alpha value is -2.00. The molecule has 2 aromatic carbocycles. The highest BCUT2D eigenvalue weighted by Crippen LogP contribution is 2.32. The number of aryl methyl sites for hydroxylation is 2. The van der Waals surface area contributed by atoms with Crippen molar-refractivity contribution in [3.8, 4) is 0 Å². The SMILES string of the molecule is Cc1ccccc1C(Cl)c1ccc2c(c1)oc(=O)n2C. The van der Waals surface area contributed by atoms with E-state index < -0.39 is 0 Å². The monoisotopic (exact) mass is 287 g/mol. The van der Waals surface area contributed by atoms with E-state index in [-0.39, 0.29) is 11.1 Å². The number of hydrogen-bond acceptors (Lipinski definition) is 2. The second kappa shape index (κ2) is 4.84. The van der Waals surface area contributed by atoms with Gasteiger partial charge in [0.1, 0.15) is 0 Å². The van der Waals surface area contributed by atoms with Crippen molar-refractivity contribution in [3.05, 3.63) is 69.7 Å². The number of rotatable bonds is 2. The number of oxazole rings is 1. The summed E-state index contributed by atoms with van der Waals surface area (Å²) < 4.78 is 6.69. The number of nitrogens with zero attached hydrogens (tertiary/aromatic N) is 1. The van der Waals surface area contributed by atoms with Crippen LogP contribution in [0.3, 0.4) is 0 Å². The third-order valence-corrected chi connectivity index (χ3v) is 4.06. The molecule has 0 N–H and O–H groups in total. The molecule has 0 fully saturated rings. The van der Waals surface area contributed by atoms with Crippen LogP contribution in [0.15, 0.2) is 51.7 Å². The molecular weight excluding hydrogens is 274 g/mol. The van der Waals surface area contributed by atoms with Crippen molar-refractivity contribution in [1.82, 2.24) is 4.57 Å². The number of fused-ring (bicyclic) bond motifs is 1. The highest BCUT2D eigenvalue weighted by Gasteiger charge is 2.15. The van der Waals surface area contributed by atoms with Crippen molar-refractivity contribution in [2.24, 2.45) is 7.05 Å². The summed E-state index contributed by atoms with van der Waals surface area (Å²) >= 11 is 6.56. The zero-order chi connectivity index (χ0) is 14.3. The minimum atomic E-state index is -0.362. The van der Waals surface area contributed by atoms with Gasteiger partial charge in [0.15, 0.2) is 5.58 Å². The lowest BCUT2D eigenvalue weighted by Gasteiger charge is -2.12. The van der Waals surface area contributed by atoms with Gasteiger partial charge in [-0.15, -0.1) is 11.6 Å². The summed E-state index contributed by atoms with van der Waals surface area (Å²) in [5.41, 5.74) is 4.46. The van der Waals surface area contributed by atoms with Gasteiger partial charge < -0.3 is 4.42 Å². The Morgan fingerprint density at radius 3 is 2.70 bits per heavy atom. The van der Waals surface area contributed by atoms with E-state index in [1.54, 1.807) is 7.05 Å². The third kappa shape index (κ3) is 2.04. The average molecular weight is 288 g/mol. The van der Waals surface area contributed by atoms with Crippen molar-refractivity contribution in [1.29, 1.82) is 0 Å². The summed E-state index contributed by atoms with van der Waals surface area (Å²) in [4.78, 5) is 11.5. The number of aromatic nitrogens is 1. The highest BCUT2D eigenvalue weighted by molar-refractivity contribution is 6.22. The van der Waals surface area contributed by atoms with E-state index in [0.717, 1.165) is 22.2 Å². The van der Waals surface area contributed by atoms with E-state index in [4.69, 9.17) is 16.0 Å². The molecule has 0 radical (unpaired) electrons. The van der Waals surface area contributed by atoms with Crippen LogP contribution in [-0.4, -0.2) is 4.57 Å². The first-order chi connectivity index (χ1) is 9.58. The first-order valence-corrected chi connectivity index (χ1v) is 6.80. The van der Waals surface area contributed by atoms with Crippen molar-refractivity contribution in [3.63, 3.8) is 0 Å². The zero-order valence-electron chi connectivity index (χ0n) is 11.3. The Balaban J connectivity index is 2.11. The molecule has 3 nitrogen and oxygen atoms in total. The van der Waals surface area contributed by atoms with Crippen molar-refractivity contribution in [2.75, 3.05) is 0 Å². The van der Waals surface area contributed by atoms with Gasteiger partial charge in [0.25, 0.3) is 0 Å². The summed E-state index contributed by atoms with van der Waals surface area (Å²) in [5, 5.41) is -0.258. The summed E-state index contributed by atoms with van der Waals surface area (Å²) in [6, 6.07) is 13.6. The predicted molar refractivity (Wildman–Crippen MR) is 80.3 cm³/mol. The molecule has 4 heteroatoms. The lowest BCUT2D eigenvalue weighted by molar-refractivity contribution is 0.528. The Morgan fingerprint density at radius 2 is 1.95 bits per heavy atom. The van der Waals surface area contributed by atoms with Gasteiger partial charge in [-0.25, -0.2) is 4.79 Å². The van der Waals surface area contributed by atoms with Crippen LogP contribution in [0.5, 0.6) is 0 Å². The number of halogens is 1. The summed E-state index contributed by atoms with van der Waals surface area (Å²) in [6.07, 6.45) is 0. The maximum absolute atomic E-state index is 11.5. The number of benzene rings is 2. The van der Waals surface area contributed by atoms with Crippen LogP contribution in [0.2, 0.25) is 0 Å².